The van der Waals surface area contributed by atoms with Crippen molar-refractivity contribution >= 4 is 61.9 Å². The van der Waals surface area contributed by atoms with Crippen LogP contribution in [0.3, 0.4) is 0 Å². The lowest BCUT2D eigenvalue weighted by atomic mass is 9.59. The van der Waals surface area contributed by atoms with Crippen molar-refractivity contribution in [1.82, 2.24) is 4.57 Å². The summed E-state index contributed by atoms with van der Waals surface area (Å²) >= 11 is 0. The largest absolute Gasteiger partial charge is 0.507 e. The van der Waals surface area contributed by atoms with Gasteiger partial charge in [-0.3, -0.25) is 0 Å². The molecule has 3 heterocycles. The Bertz CT molecular complexity index is 3050. The minimum absolute atomic E-state index is 0.218. The number of aromatic hydroxyl groups is 1. The molecule has 10 aromatic rings. The molecule has 11 rings (SSSR count). The molecule has 1 radical (unpaired) electrons. The molecule has 0 saturated carbocycles. The third kappa shape index (κ3) is 4.57. The predicted molar refractivity (Wildman–Crippen MR) is 218 cm³/mol. The molecule has 0 amide bonds. The van der Waals surface area contributed by atoms with E-state index in [0.29, 0.717) is 0 Å². The first kappa shape index (κ1) is 29.7. The van der Waals surface area contributed by atoms with Crippen LogP contribution in [0.1, 0.15) is 0 Å². The highest BCUT2D eigenvalue weighted by atomic mass is 16.5. The summed E-state index contributed by atoms with van der Waals surface area (Å²) in [6.45, 7) is 0. The number of para-hydroxylation sites is 6. The maximum absolute atomic E-state index is 11.2. The van der Waals surface area contributed by atoms with Crippen LogP contribution >= 0.6 is 0 Å². The fourth-order valence-corrected chi connectivity index (χ4v) is 8.18. The number of fused-ring (bicyclic) bond motifs is 8. The van der Waals surface area contributed by atoms with E-state index in [-0.39, 0.29) is 5.75 Å². The second-order valence-corrected chi connectivity index (χ2v) is 13.6. The quantitative estimate of drug-likeness (QED) is 0.189. The van der Waals surface area contributed by atoms with Gasteiger partial charge in [0.1, 0.15) is 28.4 Å². The second-order valence-electron chi connectivity index (χ2n) is 13.6. The van der Waals surface area contributed by atoms with Crippen LogP contribution in [0.4, 0.5) is 0 Å². The molecule has 0 fully saturated rings. The van der Waals surface area contributed by atoms with Crippen molar-refractivity contribution in [2.45, 2.75) is 0 Å². The van der Waals surface area contributed by atoms with Gasteiger partial charge in [0.2, 0.25) is 7.28 Å². The second kappa shape index (κ2) is 11.5. The average Bonchev–Trinajstić information content (AvgIpc) is 3.76. The molecule has 8 aromatic carbocycles. The first-order valence-corrected chi connectivity index (χ1v) is 17.8. The molecule has 5 heteroatoms. The lowest BCUT2D eigenvalue weighted by Crippen LogP contribution is -2.35. The van der Waals surface area contributed by atoms with Crippen LogP contribution in [0.2, 0.25) is 0 Å². The molecule has 0 saturated heterocycles. The third-order valence-electron chi connectivity index (χ3n) is 10.6. The van der Waals surface area contributed by atoms with E-state index in [1.165, 1.54) is 10.8 Å². The lowest BCUT2D eigenvalue weighted by Gasteiger charge is -2.26. The number of phenols is 1. The SMILES string of the molecule is Oc1ccccc1-c1cc(-c2cccc(-c3cccc4c3oc3ccccc34)c2)cc2c1[B]c1cccc(-n3c4ccccc4c4ccccc43)c1O2. The van der Waals surface area contributed by atoms with Gasteiger partial charge in [0.05, 0.1) is 16.7 Å². The normalized spacial score (nSPS) is 12.2. The summed E-state index contributed by atoms with van der Waals surface area (Å²) in [6.07, 6.45) is 0. The van der Waals surface area contributed by atoms with Crippen LogP contribution in [-0.2, 0) is 0 Å². The van der Waals surface area contributed by atoms with Gasteiger partial charge in [-0.25, -0.2) is 0 Å². The molecular formula is C48H29BNO3. The highest BCUT2D eigenvalue weighted by Crippen LogP contribution is 2.42. The third-order valence-corrected chi connectivity index (χ3v) is 10.6. The maximum atomic E-state index is 11.2. The number of nitrogens with zero attached hydrogens (tertiary/aromatic N) is 1. The molecule has 0 bridgehead atoms. The molecule has 53 heavy (non-hydrogen) atoms. The zero-order valence-corrected chi connectivity index (χ0v) is 28.5. The van der Waals surface area contributed by atoms with Crippen molar-refractivity contribution in [1.29, 1.82) is 0 Å². The first-order chi connectivity index (χ1) is 26.2. The van der Waals surface area contributed by atoms with Gasteiger partial charge in [-0.15, -0.1) is 0 Å². The number of hydrogen-bond donors (Lipinski definition) is 1. The van der Waals surface area contributed by atoms with Crippen LogP contribution in [0, 0.1) is 0 Å². The Kier molecular flexibility index (Phi) is 6.46. The zero-order chi connectivity index (χ0) is 35.0. The Morgan fingerprint density at radius 3 is 1.98 bits per heavy atom. The Morgan fingerprint density at radius 1 is 0.491 bits per heavy atom. The molecule has 0 unspecified atom stereocenters. The van der Waals surface area contributed by atoms with E-state index in [2.05, 4.69) is 139 Å². The van der Waals surface area contributed by atoms with Crippen molar-refractivity contribution < 1.29 is 14.3 Å². The van der Waals surface area contributed by atoms with Crippen LogP contribution in [0.5, 0.6) is 17.2 Å². The minimum Gasteiger partial charge on any atom is -0.507 e. The van der Waals surface area contributed by atoms with Crippen molar-refractivity contribution in [3.8, 4) is 56.3 Å². The van der Waals surface area contributed by atoms with Gasteiger partial charge in [-0.2, -0.15) is 0 Å². The molecule has 0 spiro atoms. The minimum atomic E-state index is 0.218. The van der Waals surface area contributed by atoms with Crippen molar-refractivity contribution in [3.05, 3.63) is 170 Å². The van der Waals surface area contributed by atoms with Crippen molar-refractivity contribution in [2.24, 2.45) is 0 Å². The van der Waals surface area contributed by atoms with E-state index in [0.717, 1.165) is 94.5 Å². The summed E-state index contributed by atoms with van der Waals surface area (Å²) in [5, 5.41) is 15.8. The molecule has 4 nitrogen and oxygen atoms in total. The van der Waals surface area contributed by atoms with E-state index in [1.807, 2.05) is 36.4 Å². The Hall–Kier alpha value is -6.98. The van der Waals surface area contributed by atoms with Crippen LogP contribution < -0.4 is 15.7 Å². The summed E-state index contributed by atoms with van der Waals surface area (Å²) in [6, 6.07) is 58.3. The van der Waals surface area contributed by atoms with E-state index in [4.69, 9.17) is 9.15 Å². The van der Waals surface area contributed by atoms with Gasteiger partial charge in [0.25, 0.3) is 0 Å². The standard InChI is InChI=1S/C48H29BNO3/c51-43-24-7-3-16-35(43)38-27-31(29-12-9-13-30(26-29)32-18-10-19-37-36-17-4-8-25-44(36)52-47(32)37)28-45-46(38)49-39-20-11-23-42(48(39)53-45)50-40-21-5-1-14-33(40)34-15-2-6-22-41(34)50/h1-28,51H. The molecule has 1 aliphatic rings. The molecular weight excluding hydrogens is 649 g/mol. The number of hydrogen-bond acceptors (Lipinski definition) is 3. The lowest BCUT2D eigenvalue weighted by molar-refractivity contribution is 0.477. The maximum Gasteiger partial charge on any atom is 0.202 e. The molecule has 0 aliphatic carbocycles. The number of phenolic OH excluding ortho intramolecular Hbond substituents is 1. The van der Waals surface area contributed by atoms with Gasteiger partial charge < -0.3 is 18.8 Å². The monoisotopic (exact) mass is 678 g/mol. The highest BCUT2D eigenvalue weighted by Gasteiger charge is 2.27. The molecule has 1 N–H and O–H groups in total. The number of benzene rings is 8. The number of aromatic nitrogens is 1. The summed E-state index contributed by atoms with van der Waals surface area (Å²) < 4.78 is 15.8. The Balaban J connectivity index is 1.09. The number of ether oxygens (including phenoxy) is 1. The van der Waals surface area contributed by atoms with Crippen molar-refractivity contribution in [2.75, 3.05) is 0 Å². The average molecular weight is 679 g/mol. The summed E-state index contributed by atoms with van der Waals surface area (Å²) in [5.41, 5.74) is 12.6. The van der Waals surface area contributed by atoms with Crippen LogP contribution in [0.15, 0.2) is 174 Å². The van der Waals surface area contributed by atoms with E-state index >= 15 is 0 Å². The first-order valence-electron chi connectivity index (χ1n) is 17.8. The fraction of sp³-hybridized carbons (Fsp3) is 0. The van der Waals surface area contributed by atoms with Crippen molar-refractivity contribution in [3.63, 3.8) is 0 Å². The molecule has 247 valence electrons. The fourth-order valence-electron chi connectivity index (χ4n) is 8.18. The van der Waals surface area contributed by atoms with Gasteiger partial charge >= 0.3 is 0 Å². The van der Waals surface area contributed by atoms with E-state index in [9.17, 15) is 5.11 Å². The molecule has 2 aromatic heterocycles. The number of rotatable bonds is 4. The van der Waals surface area contributed by atoms with Gasteiger partial charge in [-0.05, 0) is 81.7 Å². The Labute approximate surface area is 306 Å². The highest BCUT2D eigenvalue weighted by molar-refractivity contribution is 6.71. The van der Waals surface area contributed by atoms with E-state index in [1.54, 1.807) is 6.07 Å². The van der Waals surface area contributed by atoms with Crippen LogP contribution in [-0.4, -0.2) is 17.0 Å². The van der Waals surface area contributed by atoms with Gasteiger partial charge in [-0.1, -0.05) is 121 Å². The smallest absolute Gasteiger partial charge is 0.202 e. The summed E-state index contributed by atoms with van der Waals surface area (Å²) in [5.74, 6) is 1.74. The van der Waals surface area contributed by atoms with Gasteiger partial charge in [0.15, 0.2) is 0 Å². The summed E-state index contributed by atoms with van der Waals surface area (Å²) in [4.78, 5) is 0. The molecule has 0 atom stereocenters. The topological polar surface area (TPSA) is 47.5 Å². The van der Waals surface area contributed by atoms with E-state index < -0.39 is 0 Å². The predicted octanol–water partition coefficient (Wildman–Crippen LogP) is 11.2. The summed E-state index contributed by atoms with van der Waals surface area (Å²) in [7, 11) is 2.19. The Morgan fingerprint density at radius 2 is 1.15 bits per heavy atom. The zero-order valence-electron chi connectivity index (χ0n) is 28.5. The van der Waals surface area contributed by atoms with Gasteiger partial charge in [0, 0.05) is 32.7 Å². The number of furan rings is 1. The molecule has 1 aliphatic heterocycles. The van der Waals surface area contributed by atoms with Crippen LogP contribution in [0.25, 0.3) is 82.8 Å².